The van der Waals surface area contributed by atoms with E-state index in [9.17, 15) is 0 Å². The Kier molecular flexibility index (Phi) is 7.80. The van der Waals surface area contributed by atoms with Crippen molar-refractivity contribution in [3.05, 3.63) is 212 Å². The molecular formula is C57H35N5O. The molecule has 0 amide bonds. The van der Waals surface area contributed by atoms with Crippen molar-refractivity contribution >= 4 is 65.6 Å². The third-order valence-electron chi connectivity index (χ3n) is 12.4. The molecule has 294 valence electrons. The van der Waals surface area contributed by atoms with Gasteiger partial charge in [0.15, 0.2) is 23.1 Å². The van der Waals surface area contributed by atoms with E-state index in [2.05, 4.69) is 197 Å². The summed E-state index contributed by atoms with van der Waals surface area (Å²) >= 11 is 0. The monoisotopic (exact) mass is 805 g/mol. The van der Waals surface area contributed by atoms with Crippen molar-refractivity contribution in [1.82, 2.24) is 24.1 Å². The number of rotatable bonds is 6. The van der Waals surface area contributed by atoms with Crippen LogP contribution in [-0.2, 0) is 0 Å². The molecule has 0 atom stereocenters. The number of furan rings is 1. The Bertz CT molecular complexity index is 3850. The molecule has 0 spiro atoms. The summed E-state index contributed by atoms with van der Waals surface area (Å²) in [5, 5.41) is 6.64. The van der Waals surface area contributed by atoms with E-state index < -0.39 is 0 Å². The van der Waals surface area contributed by atoms with Crippen LogP contribution in [0.4, 0.5) is 0 Å². The average Bonchev–Trinajstić information content (AvgIpc) is 4.03. The number of aromatic nitrogens is 5. The van der Waals surface area contributed by atoms with Crippen LogP contribution < -0.4 is 0 Å². The van der Waals surface area contributed by atoms with Crippen LogP contribution in [0.15, 0.2) is 217 Å². The first-order chi connectivity index (χ1) is 31.3. The first-order valence-corrected chi connectivity index (χ1v) is 21.2. The fraction of sp³-hybridized carbons (Fsp3) is 0. The lowest BCUT2D eigenvalue weighted by molar-refractivity contribution is 0.671. The summed E-state index contributed by atoms with van der Waals surface area (Å²) in [6, 6.07) is 74.2. The fourth-order valence-corrected chi connectivity index (χ4v) is 9.62. The van der Waals surface area contributed by atoms with E-state index in [1.165, 1.54) is 10.8 Å². The molecule has 0 saturated carbocycles. The fourth-order valence-electron chi connectivity index (χ4n) is 9.62. The predicted octanol–water partition coefficient (Wildman–Crippen LogP) is 14.6. The van der Waals surface area contributed by atoms with Crippen LogP contribution >= 0.6 is 0 Å². The number of para-hydroxylation sites is 3. The highest BCUT2D eigenvalue weighted by atomic mass is 16.3. The normalized spacial score (nSPS) is 11.8. The molecule has 4 aromatic heterocycles. The minimum Gasteiger partial charge on any atom is -0.454 e. The van der Waals surface area contributed by atoms with E-state index in [1.807, 2.05) is 24.3 Å². The van der Waals surface area contributed by atoms with Crippen LogP contribution in [0.2, 0.25) is 0 Å². The van der Waals surface area contributed by atoms with Crippen LogP contribution in [-0.4, -0.2) is 24.1 Å². The topological polar surface area (TPSA) is 61.7 Å². The molecule has 0 aliphatic carbocycles. The van der Waals surface area contributed by atoms with Gasteiger partial charge in [-0.05, 0) is 65.7 Å². The lowest BCUT2D eigenvalue weighted by Crippen LogP contribution is -2.00. The van der Waals surface area contributed by atoms with Gasteiger partial charge in [0.25, 0.3) is 0 Å². The second-order valence-corrected chi connectivity index (χ2v) is 16.0. The summed E-state index contributed by atoms with van der Waals surface area (Å²) in [6.07, 6.45) is 0. The zero-order chi connectivity index (χ0) is 41.4. The molecule has 0 bridgehead atoms. The van der Waals surface area contributed by atoms with Gasteiger partial charge in [-0.25, -0.2) is 15.0 Å². The summed E-state index contributed by atoms with van der Waals surface area (Å²) in [5.74, 6) is 1.82. The van der Waals surface area contributed by atoms with Gasteiger partial charge in [-0.2, -0.15) is 0 Å². The molecule has 0 unspecified atom stereocenters. The highest BCUT2D eigenvalue weighted by Crippen LogP contribution is 2.45. The summed E-state index contributed by atoms with van der Waals surface area (Å²) in [6.45, 7) is 0. The van der Waals surface area contributed by atoms with Gasteiger partial charge in [-0.3, -0.25) is 0 Å². The molecule has 6 heteroatoms. The summed E-state index contributed by atoms with van der Waals surface area (Å²) in [5.41, 5.74) is 13.1. The molecular weight excluding hydrogens is 771 g/mol. The first kappa shape index (κ1) is 35.2. The molecule has 63 heavy (non-hydrogen) atoms. The van der Waals surface area contributed by atoms with Gasteiger partial charge >= 0.3 is 0 Å². The molecule has 9 aromatic carbocycles. The first-order valence-electron chi connectivity index (χ1n) is 21.2. The Morgan fingerprint density at radius 2 is 0.905 bits per heavy atom. The lowest BCUT2D eigenvalue weighted by Gasteiger charge is -2.11. The maximum Gasteiger partial charge on any atom is 0.164 e. The molecule has 13 aromatic rings. The van der Waals surface area contributed by atoms with Crippen molar-refractivity contribution in [1.29, 1.82) is 0 Å². The Labute approximate surface area is 361 Å². The van der Waals surface area contributed by atoms with E-state index in [1.54, 1.807) is 0 Å². The van der Waals surface area contributed by atoms with Crippen LogP contribution in [0.3, 0.4) is 0 Å². The van der Waals surface area contributed by atoms with E-state index in [-0.39, 0.29) is 0 Å². The van der Waals surface area contributed by atoms with Crippen molar-refractivity contribution in [3.8, 4) is 56.7 Å². The van der Waals surface area contributed by atoms with Gasteiger partial charge in [0.05, 0.1) is 33.1 Å². The molecule has 4 heterocycles. The average molecular weight is 806 g/mol. The summed E-state index contributed by atoms with van der Waals surface area (Å²) in [7, 11) is 0. The standard InChI is InChI=1S/C57H35N5O/c1-4-17-36(18-5-1)38-21-14-22-39(35-38)56-58-55(37-19-6-2-7-20-37)59-57(60-56)45-27-15-30-48-51(45)43-33-34-44-52-49(62-46-28-12-10-25-41(46)42-26-11-13-29-47(42)62)31-16-32-50(52)63-54(44)53(43)61(48)40-23-8-3-9-24-40/h1-35H. The second kappa shape index (κ2) is 14.0. The van der Waals surface area contributed by atoms with Gasteiger partial charge in [-0.1, -0.05) is 158 Å². The Hall–Kier alpha value is -8.61. The maximum absolute atomic E-state index is 7.09. The SMILES string of the molecule is c1ccc(-c2cccc(-c3nc(-c4ccccc4)nc(-c4cccc5c4c4ccc6c(oc7cccc(-n8c9ccccc9c9ccccc98)c76)c4n5-c4ccccc4)n3)c2)cc1. The second-order valence-electron chi connectivity index (χ2n) is 16.0. The van der Waals surface area contributed by atoms with Crippen molar-refractivity contribution in [2.45, 2.75) is 0 Å². The van der Waals surface area contributed by atoms with Gasteiger partial charge in [-0.15, -0.1) is 0 Å². The molecule has 0 aliphatic rings. The van der Waals surface area contributed by atoms with E-state index in [4.69, 9.17) is 19.4 Å². The van der Waals surface area contributed by atoms with Crippen molar-refractivity contribution in [3.63, 3.8) is 0 Å². The molecule has 0 fully saturated rings. The van der Waals surface area contributed by atoms with E-state index in [0.29, 0.717) is 17.5 Å². The molecule has 0 radical (unpaired) electrons. The third kappa shape index (κ3) is 5.48. The summed E-state index contributed by atoms with van der Waals surface area (Å²) in [4.78, 5) is 15.7. The van der Waals surface area contributed by atoms with Crippen molar-refractivity contribution in [2.24, 2.45) is 0 Å². The van der Waals surface area contributed by atoms with Gasteiger partial charge in [0.1, 0.15) is 5.58 Å². The molecule has 6 nitrogen and oxygen atoms in total. The van der Waals surface area contributed by atoms with E-state index in [0.717, 1.165) is 94.0 Å². The quantitative estimate of drug-likeness (QED) is 0.168. The van der Waals surface area contributed by atoms with Crippen LogP contribution in [0.25, 0.3) is 122 Å². The minimum atomic E-state index is 0.597. The minimum absolute atomic E-state index is 0.597. The summed E-state index contributed by atoms with van der Waals surface area (Å²) < 4.78 is 11.8. The zero-order valence-electron chi connectivity index (χ0n) is 33.9. The molecule has 13 rings (SSSR count). The number of hydrogen-bond acceptors (Lipinski definition) is 4. The maximum atomic E-state index is 7.09. The van der Waals surface area contributed by atoms with Gasteiger partial charge in [0, 0.05) is 49.3 Å². The highest BCUT2D eigenvalue weighted by molar-refractivity contribution is 6.25. The van der Waals surface area contributed by atoms with Crippen LogP contribution in [0.5, 0.6) is 0 Å². The Morgan fingerprint density at radius 1 is 0.349 bits per heavy atom. The third-order valence-corrected chi connectivity index (χ3v) is 12.4. The predicted molar refractivity (Wildman–Crippen MR) is 258 cm³/mol. The van der Waals surface area contributed by atoms with Crippen molar-refractivity contribution in [2.75, 3.05) is 0 Å². The Balaban J connectivity index is 1.09. The molecule has 0 saturated heterocycles. The smallest absolute Gasteiger partial charge is 0.164 e. The number of fused-ring (bicyclic) bond motifs is 10. The highest BCUT2D eigenvalue weighted by Gasteiger charge is 2.25. The lowest BCUT2D eigenvalue weighted by atomic mass is 10.0. The van der Waals surface area contributed by atoms with E-state index >= 15 is 0 Å². The number of benzene rings is 9. The van der Waals surface area contributed by atoms with Crippen LogP contribution in [0.1, 0.15) is 0 Å². The largest absolute Gasteiger partial charge is 0.454 e. The number of nitrogens with zero attached hydrogens (tertiary/aromatic N) is 5. The molecule has 0 aliphatic heterocycles. The van der Waals surface area contributed by atoms with Crippen molar-refractivity contribution < 1.29 is 4.42 Å². The van der Waals surface area contributed by atoms with Gasteiger partial charge in [0.2, 0.25) is 0 Å². The Morgan fingerprint density at radius 3 is 1.65 bits per heavy atom. The van der Waals surface area contributed by atoms with Crippen LogP contribution in [0, 0.1) is 0 Å². The zero-order valence-corrected chi connectivity index (χ0v) is 33.9. The molecule has 0 N–H and O–H groups in total. The van der Waals surface area contributed by atoms with Gasteiger partial charge < -0.3 is 13.6 Å². The number of hydrogen-bond donors (Lipinski definition) is 0.